The van der Waals surface area contributed by atoms with E-state index in [-0.39, 0.29) is 18.3 Å². The molecule has 0 bridgehead atoms. The van der Waals surface area contributed by atoms with E-state index in [9.17, 15) is 4.79 Å². The van der Waals surface area contributed by atoms with Crippen molar-refractivity contribution in [3.05, 3.63) is 28.2 Å². The largest absolute Gasteiger partial charge is 0.479 e. The van der Waals surface area contributed by atoms with Gasteiger partial charge in [0.1, 0.15) is 10.8 Å². The molecule has 4 nitrogen and oxygen atoms in total. The zero-order valence-electron chi connectivity index (χ0n) is 12.4. The molecule has 2 rings (SSSR count). The molecule has 0 saturated carbocycles. The first-order chi connectivity index (χ1) is 10.1. The second-order valence-corrected chi connectivity index (χ2v) is 6.05. The highest BCUT2D eigenvalue weighted by atomic mass is 35.5. The lowest BCUT2D eigenvalue weighted by Crippen LogP contribution is -2.42. The van der Waals surface area contributed by atoms with E-state index in [1.165, 1.54) is 0 Å². The maximum absolute atomic E-state index is 12.1. The summed E-state index contributed by atoms with van der Waals surface area (Å²) in [6, 6.07) is 5.11. The van der Waals surface area contributed by atoms with Gasteiger partial charge in [-0.3, -0.25) is 4.79 Å². The summed E-state index contributed by atoms with van der Waals surface area (Å²) >= 11 is 12.0. The van der Waals surface area contributed by atoms with Gasteiger partial charge in [-0.1, -0.05) is 29.3 Å². The molecule has 0 aliphatic carbocycles. The minimum Gasteiger partial charge on any atom is -0.479 e. The molecule has 1 aliphatic heterocycles. The average Bonchev–Trinajstić information content (AvgIpc) is 2.50. The van der Waals surface area contributed by atoms with Crippen LogP contribution in [0.4, 0.5) is 0 Å². The topological polar surface area (TPSA) is 50.4 Å². The molecule has 1 aromatic rings. The Morgan fingerprint density at radius 3 is 2.95 bits per heavy atom. The van der Waals surface area contributed by atoms with Gasteiger partial charge < -0.3 is 15.4 Å². The first-order valence-corrected chi connectivity index (χ1v) is 7.92. The van der Waals surface area contributed by atoms with E-state index >= 15 is 0 Å². The molecule has 1 heterocycles. The van der Waals surface area contributed by atoms with Crippen LogP contribution in [-0.2, 0) is 4.79 Å². The van der Waals surface area contributed by atoms with Crippen LogP contribution in [0.1, 0.15) is 19.8 Å². The van der Waals surface area contributed by atoms with Gasteiger partial charge >= 0.3 is 0 Å². The zero-order valence-corrected chi connectivity index (χ0v) is 14.7. The van der Waals surface area contributed by atoms with Crippen LogP contribution in [0, 0.1) is 5.92 Å². The fourth-order valence-corrected chi connectivity index (χ4v) is 2.64. The highest BCUT2D eigenvalue weighted by molar-refractivity contribution is 6.42. The van der Waals surface area contributed by atoms with Crippen LogP contribution in [0.15, 0.2) is 18.2 Å². The number of amides is 1. The molecule has 1 saturated heterocycles. The van der Waals surface area contributed by atoms with Crippen LogP contribution in [0.25, 0.3) is 0 Å². The van der Waals surface area contributed by atoms with Crippen LogP contribution in [-0.4, -0.2) is 31.6 Å². The normalized spacial score (nSPS) is 19.0. The first-order valence-electron chi connectivity index (χ1n) is 7.17. The van der Waals surface area contributed by atoms with E-state index in [0.29, 0.717) is 28.3 Å². The molecular formula is C15H21Cl3N2O2. The molecule has 0 spiro atoms. The van der Waals surface area contributed by atoms with Crippen LogP contribution < -0.4 is 15.4 Å². The number of carbonyl (C=O) groups excluding carboxylic acids is 1. The number of carbonyl (C=O) groups is 1. The maximum Gasteiger partial charge on any atom is 0.260 e. The molecule has 1 fully saturated rings. The number of benzene rings is 1. The Labute approximate surface area is 147 Å². The molecular weight excluding hydrogens is 347 g/mol. The minimum atomic E-state index is -0.613. The Bertz CT molecular complexity index is 494. The van der Waals surface area contributed by atoms with Crippen molar-refractivity contribution in [1.29, 1.82) is 0 Å². The van der Waals surface area contributed by atoms with Gasteiger partial charge in [0.2, 0.25) is 0 Å². The van der Waals surface area contributed by atoms with Gasteiger partial charge in [-0.15, -0.1) is 12.4 Å². The molecule has 1 aliphatic rings. The Hall–Kier alpha value is -0.680. The number of rotatable bonds is 5. The fraction of sp³-hybridized carbons (Fsp3) is 0.533. The monoisotopic (exact) mass is 366 g/mol. The average molecular weight is 368 g/mol. The smallest absolute Gasteiger partial charge is 0.260 e. The predicted octanol–water partition coefficient (Wildman–Crippen LogP) is 3.30. The predicted molar refractivity (Wildman–Crippen MR) is 92.4 cm³/mol. The van der Waals surface area contributed by atoms with Crippen molar-refractivity contribution in [2.45, 2.75) is 25.9 Å². The van der Waals surface area contributed by atoms with Crippen molar-refractivity contribution >= 4 is 41.5 Å². The summed E-state index contributed by atoms with van der Waals surface area (Å²) in [6.45, 7) is 4.39. The summed E-state index contributed by atoms with van der Waals surface area (Å²) in [4.78, 5) is 12.1. The van der Waals surface area contributed by atoms with Crippen LogP contribution >= 0.6 is 35.6 Å². The van der Waals surface area contributed by atoms with Crippen molar-refractivity contribution < 1.29 is 9.53 Å². The van der Waals surface area contributed by atoms with Gasteiger partial charge in [0, 0.05) is 6.54 Å². The lowest BCUT2D eigenvalue weighted by Gasteiger charge is -2.24. The Morgan fingerprint density at radius 1 is 1.50 bits per heavy atom. The molecule has 2 atom stereocenters. The van der Waals surface area contributed by atoms with Crippen molar-refractivity contribution in [1.82, 2.24) is 10.6 Å². The van der Waals surface area contributed by atoms with Gasteiger partial charge in [0.25, 0.3) is 5.91 Å². The van der Waals surface area contributed by atoms with Crippen molar-refractivity contribution in [2.75, 3.05) is 19.6 Å². The van der Waals surface area contributed by atoms with Crippen LogP contribution in [0.2, 0.25) is 10.0 Å². The molecule has 2 unspecified atom stereocenters. The number of hydrogen-bond donors (Lipinski definition) is 2. The molecule has 22 heavy (non-hydrogen) atoms. The minimum absolute atomic E-state index is 0. The standard InChI is InChI=1S/C15H20Cl2N2O2.ClH/c1-10(21-13-6-2-5-12(16)14(13)17)15(20)19-9-11-4-3-7-18-8-11;/h2,5-6,10-11,18H,3-4,7-9H2,1H3,(H,19,20);1H. The number of halogens is 3. The van der Waals surface area contributed by atoms with Crippen molar-refractivity contribution in [3.63, 3.8) is 0 Å². The van der Waals surface area contributed by atoms with Gasteiger partial charge in [-0.2, -0.15) is 0 Å². The molecule has 2 N–H and O–H groups in total. The lowest BCUT2D eigenvalue weighted by atomic mass is 10.00. The van der Waals surface area contributed by atoms with E-state index in [0.717, 1.165) is 25.9 Å². The third-order valence-corrected chi connectivity index (χ3v) is 4.35. The summed E-state index contributed by atoms with van der Waals surface area (Å²) in [5.41, 5.74) is 0. The zero-order chi connectivity index (χ0) is 15.2. The molecule has 124 valence electrons. The van der Waals surface area contributed by atoms with Crippen LogP contribution in [0.5, 0.6) is 5.75 Å². The highest BCUT2D eigenvalue weighted by Gasteiger charge is 2.19. The summed E-state index contributed by atoms with van der Waals surface area (Å²) in [5, 5.41) is 6.99. The third kappa shape index (κ3) is 5.51. The number of ether oxygens (including phenoxy) is 1. The van der Waals surface area contributed by atoms with Gasteiger partial charge in [0.05, 0.1) is 5.02 Å². The lowest BCUT2D eigenvalue weighted by molar-refractivity contribution is -0.127. The quantitative estimate of drug-likeness (QED) is 0.839. The second kappa shape index (κ2) is 9.46. The Morgan fingerprint density at radius 2 is 2.27 bits per heavy atom. The van der Waals surface area contributed by atoms with E-state index < -0.39 is 6.10 Å². The fourth-order valence-electron chi connectivity index (χ4n) is 2.31. The Balaban J connectivity index is 0.00000242. The van der Waals surface area contributed by atoms with E-state index in [4.69, 9.17) is 27.9 Å². The molecule has 1 aromatic carbocycles. The molecule has 7 heteroatoms. The highest BCUT2D eigenvalue weighted by Crippen LogP contribution is 2.32. The third-order valence-electron chi connectivity index (χ3n) is 3.55. The first kappa shape index (κ1) is 19.4. The SMILES string of the molecule is CC(Oc1cccc(Cl)c1Cl)C(=O)NCC1CCCNC1.Cl. The summed E-state index contributed by atoms with van der Waals surface area (Å²) in [7, 11) is 0. The summed E-state index contributed by atoms with van der Waals surface area (Å²) < 4.78 is 5.58. The maximum atomic E-state index is 12.1. The second-order valence-electron chi connectivity index (χ2n) is 5.27. The van der Waals surface area contributed by atoms with Crippen molar-refractivity contribution in [2.24, 2.45) is 5.92 Å². The van der Waals surface area contributed by atoms with Gasteiger partial charge in [-0.05, 0) is 50.9 Å². The Kier molecular flexibility index (Phi) is 8.33. The van der Waals surface area contributed by atoms with Gasteiger partial charge in [0.15, 0.2) is 6.10 Å². The number of hydrogen-bond acceptors (Lipinski definition) is 3. The van der Waals surface area contributed by atoms with Crippen LogP contribution in [0.3, 0.4) is 0 Å². The van der Waals surface area contributed by atoms with E-state index in [2.05, 4.69) is 10.6 Å². The van der Waals surface area contributed by atoms with E-state index in [1.54, 1.807) is 25.1 Å². The number of piperidine rings is 1. The number of nitrogens with one attached hydrogen (secondary N) is 2. The van der Waals surface area contributed by atoms with E-state index in [1.807, 2.05) is 0 Å². The van der Waals surface area contributed by atoms with Crippen molar-refractivity contribution in [3.8, 4) is 5.75 Å². The molecule has 1 amide bonds. The van der Waals surface area contributed by atoms with Gasteiger partial charge in [-0.25, -0.2) is 0 Å². The summed E-state index contributed by atoms with van der Waals surface area (Å²) in [5.74, 6) is 0.771. The molecule has 0 aromatic heterocycles. The molecule has 0 radical (unpaired) electrons. The summed E-state index contributed by atoms with van der Waals surface area (Å²) in [6.07, 6.45) is 1.69.